The highest BCUT2D eigenvalue weighted by atomic mass is 127. The molecule has 0 spiro atoms. The van der Waals surface area contributed by atoms with Gasteiger partial charge in [0.25, 0.3) is 0 Å². The Kier molecular flexibility index (Phi) is 9.17. The molecule has 114 valence electrons. The van der Waals surface area contributed by atoms with Crippen LogP contribution >= 0.6 is 51.7 Å². The van der Waals surface area contributed by atoms with Crippen LogP contribution < -0.4 is 11.1 Å². The Morgan fingerprint density at radius 2 is 1.90 bits per heavy atom. The fourth-order valence-corrected chi connectivity index (χ4v) is 2.77. The number of nitrogens with zero attached hydrogens (tertiary/aromatic N) is 1. The van der Waals surface area contributed by atoms with Crippen molar-refractivity contribution in [1.29, 1.82) is 0 Å². The number of benzene rings is 1. The van der Waals surface area contributed by atoms with E-state index in [1.807, 2.05) is 13.8 Å². The van der Waals surface area contributed by atoms with Gasteiger partial charge in [-0.15, -0.1) is 35.7 Å². The van der Waals surface area contributed by atoms with Gasteiger partial charge in [-0.1, -0.05) is 15.9 Å². The maximum atomic E-state index is 5.82. The lowest BCUT2D eigenvalue weighted by Gasteiger charge is -2.22. The van der Waals surface area contributed by atoms with E-state index in [1.165, 1.54) is 4.90 Å². The summed E-state index contributed by atoms with van der Waals surface area (Å²) in [4.78, 5) is 5.64. The van der Waals surface area contributed by atoms with E-state index >= 15 is 0 Å². The fraction of sp³-hybridized carbons (Fsp3) is 0.500. The summed E-state index contributed by atoms with van der Waals surface area (Å²) in [5.74, 6) is 0.513. The predicted octanol–water partition coefficient (Wildman–Crippen LogP) is 4.25. The number of aliphatic imine (C=N–C) groups is 1. The zero-order valence-electron chi connectivity index (χ0n) is 12.3. The second kappa shape index (κ2) is 9.15. The molecular formula is C14H23BrIN3S. The van der Waals surface area contributed by atoms with Gasteiger partial charge in [-0.05, 0) is 52.0 Å². The van der Waals surface area contributed by atoms with Crippen molar-refractivity contribution in [3.05, 3.63) is 28.7 Å². The van der Waals surface area contributed by atoms with E-state index in [2.05, 4.69) is 64.4 Å². The Bertz CT molecular complexity index is 433. The summed E-state index contributed by atoms with van der Waals surface area (Å²) in [5.41, 5.74) is 5.82. The van der Waals surface area contributed by atoms with E-state index in [9.17, 15) is 0 Å². The molecule has 0 fully saturated rings. The van der Waals surface area contributed by atoms with Gasteiger partial charge in [-0.3, -0.25) is 4.99 Å². The number of nitrogens with two attached hydrogens (primary N) is 1. The molecule has 0 aromatic heterocycles. The number of nitrogens with one attached hydrogen (secondary N) is 1. The fourth-order valence-electron chi connectivity index (χ4n) is 1.47. The third-order valence-corrected chi connectivity index (χ3v) is 3.99. The number of thioether (sulfide) groups is 1. The molecule has 1 aromatic rings. The maximum Gasteiger partial charge on any atom is 0.188 e. The first kappa shape index (κ1) is 20.1. The first-order chi connectivity index (χ1) is 8.78. The average molecular weight is 472 g/mol. The van der Waals surface area contributed by atoms with Crippen molar-refractivity contribution in [2.24, 2.45) is 10.7 Å². The number of halogens is 2. The second-order valence-corrected chi connectivity index (χ2v) is 8.01. The minimum atomic E-state index is 0. The molecular weight excluding hydrogens is 449 g/mol. The predicted molar refractivity (Wildman–Crippen MR) is 104 cm³/mol. The van der Waals surface area contributed by atoms with Crippen LogP contribution in [0.25, 0.3) is 0 Å². The molecule has 0 aliphatic carbocycles. The Balaban J connectivity index is 0.00000361. The van der Waals surface area contributed by atoms with Crippen LogP contribution in [0.4, 0.5) is 0 Å². The molecule has 3 N–H and O–H groups in total. The SMILES string of the molecule is CC(C)NC(N)=NCC(C)(C)Sc1ccc(Br)cc1.I. The number of rotatable bonds is 5. The molecule has 1 aromatic carbocycles. The van der Waals surface area contributed by atoms with Gasteiger partial charge in [0.05, 0.1) is 6.54 Å². The molecule has 0 heterocycles. The first-order valence-electron chi connectivity index (χ1n) is 6.29. The molecule has 0 aliphatic rings. The van der Waals surface area contributed by atoms with Gasteiger partial charge in [0.2, 0.25) is 0 Å². The summed E-state index contributed by atoms with van der Waals surface area (Å²) >= 11 is 5.25. The minimum absolute atomic E-state index is 0. The topological polar surface area (TPSA) is 50.4 Å². The number of hydrogen-bond donors (Lipinski definition) is 2. The quantitative estimate of drug-likeness (QED) is 0.292. The molecule has 0 saturated heterocycles. The van der Waals surface area contributed by atoms with Gasteiger partial charge >= 0.3 is 0 Å². The standard InChI is InChI=1S/C14H22BrN3S.HI/c1-10(2)18-13(16)17-9-14(3,4)19-12-7-5-11(15)6-8-12;/h5-8,10H,9H2,1-4H3,(H3,16,17,18);1H. The van der Waals surface area contributed by atoms with Crippen molar-refractivity contribution >= 4 is 57.6 Å². The van der Waals surface area contributed by atoms with Crippen LogP contribution in [0.2, 0.25) is 0 Å². The highest BCUT2D eigenvalue weighted by molar-refractivity contribution is 14.0. The Morgan fingerprint density at radius 3 is 2.40 bits per heavy atom. The zero-order chi connectivity index (χ0) is 14.5. The van der Waals surface area contributed by atoms with E-state index in [4.69, 9.17) is 5.73 Å². The average Bonchev–Trinajstić information content (AvgIpc) is 2.29. The summed E-state index contributed by atoms with van der Waals surface area (Å²) in [5, 5.41) is 3.10. The van der Waals surface area contributed by atoms with Crippen LogP contribution in [0, 0.1) is 0 Å². The van der Waals surface area contributed by atoms with Crippen LogP contribution in [0.15, 0.2) is 38.6 Å². The molecule has 3 nitrogen and oxygen atoms in total. The van der Waals surface area contributed by atoms with Crippen molar-refractivity contribution in [2.45, 2.75) is 43.4 Å². The lowest BCUT2D eigenvalue weighted by molar-refractivity contribution is 0.695. The highest BCUT2D eigenvalue weighted by Crippen LogP contribution is 2.33. The lowest BCUT2D eigenvalue weighted by atomic mass is 10.2. The monoisotopic (exact) mass is 471 g/mol. The van der Waals surface area contributed by atoms with Crippen LogP contribution in [0.5, 0.6) is 0 Å². The van der Waals surface area contributed by atoms with Crippen molar-refractivity contribution in [1.82, 2.24) is 5.32 Å². The molecule has 0 aliphatic heterocycles. The Hall–Kier alpha value is 0.0500. The molecule has 0 bridgehead atoms. The smallest absolute Gasteiger partial charge is 0.188 e. The van der Waals surface area contributed by atoms with Crippen molar-refractivity contribution < 1.29 is 0 Å². The second-order valence-electron chi connectivity index (χ2n) is 5.32. The van der Waals surface area contributed by atoms with E-state index in [1.54, 1.807) is 11.8 Å². The van der Waals surface area contributed by atoms with Gasteiger partial charge in [-0.25, -0.2) is 0 Å². The summed E-state index contributed by atoms with van der Waals surface area (Å²) in [6.45, 7) is 9.12. The summed E-state index contributed by atoms with van der Waals surface area (Å²) < 4.78 is 1.11. The van der Waals surface area contributed by atoms with Crippen molar-refractivity contribution in [2.75, 3.05) is 6.54 Å². The van der Waals surface area contributed by atoms with Crippen LogP contribution in [0.3, 0.4) is 0 Å². The van der Waals surface area contributed by atoms with Gasteiger partial charge in [0, 0.05) is 20.2 Å². The minimum Gasteiger partial charge on any atom is -0.370 e. The molecule has 6 heteroatoms. The largest absolute Gasteiger partial charge is 0.370 e. The molecule has 0 amide bonds. The maximum absolute atomic E-state index is 5.82. The third kappa shape index (κ3) is 8.36. The van der Waals surface area contributed by atoms with E-state index in [0.717, 1.165) is 4.47 Å². The summed E-state index contributed by atoms with van der Waals surface area (Å²) in [6.07, 6.45) is 0. The molecule has 0 saturated carbocycles. The van der Waals surface area contributed by atoms with Crippen LogP contribution in [-0.2, 0) is 0 Å². The molecule has 1 rings (SSSR count). The lowest BCUT2D eigenvalue weighted by Crippen LogP contribution is -2.37. The van der Waals surface area contributed by atoms with Crippen molar-refractivity contribution in [3.63, 3.8) is 0 Å². The van der Waals surface area contributed by atoms with E-state index in [-0.39, 0.29) is 28.7 Å². The van der Waals surface area contributed by atoms with Gasteiger partial charge in [0.15, 0.2) is 5.96 Å². The van der Waals surface area contributed by atoms with Gasteiger partial charge in [-0.2, -0.15) is 0 Å². The van der Waals surface area contributed by atoms with E-state index in [0.29, 0.717) is 18.5 Å². The third-order valence-electron chi connectivity index (χ3n) is 2.27. The van der Waals surface area contributed by atoms with Gasteiger partial charge in [0.1, 0.15) is 0 Å². The normalized spacial score (nSPS) is 12.2. The molecule has 0 radical (unpaired) electrons. The number of hydrogen-bond acceptors (Lipinski definition) is 2. The first-order valence-corrected chi connectivity index (χ1v) is 7.90. The Morgan fingerprint density at radius 1 is 1.35 bits per heavy atom. The highest BCUT2D eigenvalue weighted by Gasteiger charge is 2.19. The van der Waals surface area contributed by atoms with E-state index < -0.39 is 0 Å². The molecule has 20 heavy (non-hydrogen) atoms. The van der Waals surface area contributed by atoms with Crippen LogP contribution in [-0.4, -0.2) is 23.3 Å². The van der Waals surface area contributed by atoms with Gasteiger partial charge < -0.3 is 11.1 Å². The molecule has 0 unspecified atom stereocenters. The number of guanidine groups is 1. The Labute approximate surface area is 151 Å². The molecule has 0 atom stereocenters. The van der Waals surface area contributed by atoms with Crippen molar-refractivity contribution in [3.8, 4) is 0 Å². The summed E-state index contributed by atoms with van der Waals surface area (Å²) in [6, 6.07) is 8.63. The zero-order valence-corrected chi connectivity index (χ0v) is 17.0. The van der Waals surface area contributed by atoms with Crippen LogP contribution in [0.1, 0.15) is 27.7 Å². The summed E-state index contributed by atoms with van der Waals surface area (Å²) in [7, 11) is 0.